The van der Waals surface area contributed by atoms with Crippen LogP contribution in [0.5, 0.6) is 0 Å². The first-order chi connectivity index (χ1) is 8.16. The van der Waals surface area contributed by atoms with Crippen LogP contribution in [0.2, 0.25) is 0 Å². The van der Waals surface area contributed by atoms with E-state index in [-0.39, 0.29) is 11.6 Å². The molecule has 0 radical (unpaired) electrons. The van der Waals surface area contributed by atoms with Gasteiger partial charge in [0.25, 0.3) is 0 Å². The molecule has 1 aromatic carbocycles. The van der Waals surface area contributed by atoms with Crippen LogP contribution in [0.3, 0.4) is 0 Å². The monoisotopic (exact) mass is 233 g/mol. The SMILES string of the molecule is CNC(=O)NC1(c2ccc(N)cc2)CCCC1. The summed E-state index contributed by atoms with van der Waals surface area (Å²) in [5.74, 6) is 0. The van der Waals surface area contributed by atoms with Crippen LogP contribution >= 0.6 is 0 Å². The molecule has 2 amide bonds. The molecule has 0 aromatic heterocycles. The van der Waals surface area contributed by atoms with Crippen molar-refractivity contribution >= 4 is 11.7 Å². The number of hydrogen-bond donors (Lipinski definition) is 3. The van der Waals surface area contributed by atoms with Gasteiger partial charge in [-0.2, -0.15) is 0 Å². The lowest BCUT2D eigenvalue weighted by Gasteiger charge is -2.31. The average Bonchev–Trinajstić information content (AvgIpc) is 2.79. The Bertz CT molecular complexity index is 394. The van der Waals surface area contributed by atoms with E-state index in [1.165, 1.54) is 0 Å². The number of carbonyl (C=O) groups excluding carboxylic acids is 1. The fraction of sp³-hybridized carbons (Fsp3) is 0.462. The first-order valence-corrected chi connectivity index (χ1v) is 6.02. The van der Waals surface area contributed by atoms with Gasteiger partial charge in [-0.3, -0.25) is 0 Å². The van der Waals surface area contributed by atoms with E-state index in [0.717, 1.165) is 36.9 Å². The average molecular weight is 233 g/mol. The van der Waals surface area contributed by atoms with Crippen molar-refractivity contribution in [3.05, 3.63) is 29.8 Å². The summed E-state index contributed by atoms with van der Waals surface area (Å²) in [4.78, 5) is 11.6. The van der Waals surface area contributed by atoms with Gasteiger partial charge in [0.15, 0.2) is 0 Å². The molecule has 17 heavy (non-hydrogen) atoms. The number of benzene rings is 1. The molecule has 1 aromatic rings. The van der Waals surface area contributed by atoms with Gasteiger partial charge >= 0.3 is 6.03 Å². The van der Waals surface area contributed by atoms with Crippen LogP contribution in [0.25, 0.3) is 0 Å². The third-order valence-corrected chi connectivity index (χ3v) is 3.50. The summed E-state index contributed by atoms with van der Waals surface area (Å²) in [6, 6.07) is 7.68. The smallest absolute Gasteiger partial charge is 0.315 e. The number of rotatable bonds is 2. The van der Waals surface area contributed by atoms with E-state index in [4.69, 9.17) is 5.73 Å². The second-order valence-corrected chi connectivity index (χ2v) is 4.62. The molecule has 0 bridgehead atoms. The molecular formula is C13H19N3O. The molecule has 4 heteroatoms. The van der Waals surface area contributed by atoms with Gasteiger partial charge in [0.2, 0.25) is 0 Å². The van der Waals surface area contributed by atoms with E-state index in [9.17, 15) is 4.79 Å². The van der Waals surface area contributed by atoms with Crippen molar-refractivity contribution in [2.75, 3.05) is 12.8 Å². The molecule has 0 unspecified atom stereocenters. The standard InChI is InChI=1S/C13H19N3O/c1-15-12(17)16-13(8-2-3-9-13)10-4-6-11(14)7-5-10/h4-7H,2-3,8-9,14H2,1H3,(H2,15,16,17). The number of hydrogen-bond acceptors (Lipinski definition) is 2. The minimum absolute atomic E-state index is 0.122. The molecule has 1 aliphatic rings. The number of urea groups is 1. The third kappa shape index (κ3) is 2.35. The van der Waals surface area contributed by atoms with E-state index in [0.29, 0.717) is 0 Å². The van der Waals surface area contributed by atoms with Crippen LogP contribution in [0.1, 0.15) is 31.2 Å². The predicted molar refractivity (Wildman–Crippen MR) is 68.6 cm³/mol. The molecule has 2 rings (SSSR count). The van der Waals surface area contributed by atoms with Gasteiger partial charge in [-0.15, -0.1) is 0 Å². The van der Waals surface area contributed by atoms with Crippen LogP contribution in [-0.4, -0.2) is 13.1 Å². The van der Waals surface area contributed by atoms with Gasteiger partial charge < -0.3 is 16.4 Å². The Balaban J connectivity index is 2.27. The van der Waals surface area contributed by atoms with E-state index in [1.54, 1.807) is 7.05 Å². The minimum Gasteiger partial charge on any atom is -0.399 e. The lowest BCUT2D eigenvalue weighted by molar-refractivity contribution is 0.226. The second-order valence-electron chi connectivity index (χ2n) is 4.62. The quantitative estimate of drug-likeness (QED) is 0.684. The van der Waals surface area contributed by atoms with Crippen LogP contribution in [0, 0.1) is 0 Å². The lowest BCUT2D eigenvalue weighted by Crippen LogP contribution is -2.47. The maximum atomic E-state index is 11.6. The first kappa shape index (κ1) is 11.8. The van der Waals surface area contributed by atoms with E-state index in [1.807, 2.05) is 24.3 Å². The highest BCUT2D eigenvalue weighted by atomic mass is 16.2. The van der Waals surface area contributed by atoms with E-state index in [2.05, 4.69) is 10.6 Å². The first-order valence-electron chi connectivity index (χ1n) is 6.02. The zero-order valence-electron chi connectivity index (χ0n) is 10.1. The normalized spacial score (nSPS) is 17.7. The summed E-state index contributed by atoms with van der Waals surface area (Å²) in [6.45, 7) is 0. The van der Waals surface area contributed by atoms with Crippen molar-refractivity contribution in [3.8, 4) is 0 Å². The maximum Gasteiger partial charge on any atom is 0.315 e. The summed E-state index contributed by atoms with van der Waals surface area (Å²) >= 11 is 0. The van der Waals surface area contributed by atoms with Crippen LogP contribution in [0.4, 0.5) is 10.5 Å². The van der Waals surface area contributed by atoms with Gasteiger partial charge in [-0.05, 0) is 30.5 Å². The molecule has 4 nitrogen and oxygen atoms in total. The highest BCUT2D eigenvalue weighted by molar-refractivity contribution is 5.74. The Hall–Kier alpha value is -1.71. The molecule has 0 saturated heterocycles. The third-order valence-electron chi connectivity index (χ3n) is 3.50. The van der Waals surface area contributed by atoms with Gasteiger partial charge in [0.1, 0.15) is 0 Å². The summed E-state index contributed by atoms with van der Waals surface area (Å²) in [7, 11) is 1.64. The Labute approximate surface area is 102 Å². The summed E-state index contributed by atoms with van der Waals surface area (Å²) < 4.78 is 0. The largest absolute Gasteiger partial charge is 0.399 e. The number of amides is 2. The molecule has 0 atom stereocenters. The van der Waals surface area contributed by atoms with Crippen molar-refractivity contribution in [1.29, 1.82) is 0 Å². The molecule has 0 heterocycles. The highest BCUT2D eigenvalue weighted by Crippen LogP contribution is 2.38. The van der Waals surface area contributed by atoms with Crippen molar-refractivity contribution in [3.63, 3.8) is 0 Å². The zero-order chi connectivity index (χ0) is 12.3. The Kier molecular flexibility index (Phi) is 3.22. The van der Waals surface area contributed by atoms with E-state index >= 15 is 0 Å². The second kappa shape index (κ2) is 4.65. The molecule has 1 aliphatic carbocycles. The molecule has 0 spiro atoms. The molecule has 1 saturated carbocycles. The lowest BCUT2D eigenvalue weighted by atomic mass is 9.88. The predicted octanol–water partition coefficient (Wildman–Crippen LogP) is 1.97. The van der Waals surface area contributed by atoms with Crippen molar-refractivity contribution in [2.24, 2.45) is 0 Å². The Morgan fingerprint density at radius 1 is 1.24 bits per heavy atom. The van der Waals surface area contributed by atoms with Gasteiger partial charge in [-0.25, -0.2) is 4.79 Å². The van der Waals surface area contributed by atoms with Crippen LogP contribution < -0.4 is 16.4 Å². The van der Waals surface area contributed by atoms with Crippen molar-refractivity contribution < 1.29 is 4.79 Å². The number of nitrogen functional groups attached to an aromatic ring is 1. The fourth-order valence-electron chi connectivity index (χ4n) is 2.55. The number of carbonyl (C=O) groups is 1. The zero-order valence-corrected chi connectivity index (χ0v) is 10.1. The molecule has 92 valence electrons. The minimum atomic E-state index is -0.214. The fourth-order valence-corrected chi connectivity index (χ4v) is 2.55. The number of anilines is 1. The summed E-state index contributed by atoms with van der Waals surface area (Å²) in [5, 5.41) is 5.71. The Morgan fingerprint density at radius 3 is 2.35 bits per heavy atom. The molecule has 4 N–H and O–H groups in total. The van der Waals surface area contributed by atoms with E-state index < -0.39 is 0 Å². The van der Waals surface area contributed by atoms with Gasteiger partial charge in [0, 0.05) is 12.7 Å². The highest BCUT2D eigenvalue weighted by Gasteiger charge is 2.36. The maximum absolute atomic E-state index is 11.6. The number of nitrogens with two attached hydrogens (primary N) is 1. The topological polar surface area (TPSA) is 67.2 Å². The van der Waals surface area contributed by atoms with Crippen molar-refractivity contribution in [1.82, 2.24) is 10.6 Å². The Morgan fingerprint density at radius 2 is 1.82 bits per heavy atom. The summed E-state index contributed by atoms with van der Waals surface area (Å²) in [5.41, 5.74) is 7.38. The van der Waals surface area contributed by atoms with Crippen LogP contribution in [-0.2, 0) is 5.54 Å². The van der Waals surface area contributed by atoms with Gasteiger partial charge in [-0.1, -0.05) is 25.0 Å². The molecule has 1 fully saturated rings. The van der Waals surface area contributed by atoms with Gasteiger partial charge in [0.05, 0.1) is 5.54 Å². The molecular weight excluding hydrogens is 214 g/mol. The van der Waals surface area contributed by atoms with Crippen molar-refractivity contribution in [2.45, 2.75) is 31.2 Å². The summed E-state index contributed by atoms with van der Waals surface area (Å²) in [6.07, 6.45) is 4.28. The number of nitrogens with one attached hydrogen (secondary N) is 2. The molecule has 0 aliphatic heterocycles. The van der Waals surface area contributed by atoms with Crippen LogP contribution in [0.15, 0.2) is 24.3 Å².